The highest BCUT2D eigenvalue weighted by Crippen LogP contribution is 2.29. The number of epoxide rings is 1. The van der Waals surface area contributed by atoms with Gasteiger partial charge in [-0.2, -0.15) is 0 Å². The molecule has 0 N–H and O–H groups in total. The van der Waals surface area contributed by atoms with Gasteiger partial charge in [-0.05, 0) is 0 Å². The first-order chi connectivity index (χ1) is 3.88. The van der Waals surface area contributed by atoms with Gasteiger partial charge in [0, 0.05) is 6.42 Å². The van der Waals surface area contributed by atoms with E-state index in [4.69, 9.17) is 4.74 Å². The lowest BCUT2D eigenvalue weighted by atomic mass is 10.2. The summed E-state index contributed by atoms with van der Waals surface area (Å²) >= 11 is 0. The van der Waals surface area contributed by atoms with Crippen LogP contribution in [-0.4, -0.2) is 24.8 Å². The van der Waals surface area contributed by atoms with Crippen molar-refractivity contribution in [3.63, 3.8) is 0 Å². The quantitative estimate of drug-likeness (QED) is 0.320. The van der Waals surface area contributed by atoms with Gasteiger partial charge in [0.15, 0.2) is 6.10 Å². The van der Waals surface area contributed by atoms with Crippen molar-refractivity contribution in [1.82, 2.24) is 0 Å². The Hall–Kier alpha value is -0.570. The molecule has 0 aromatic rings. The lowest BCUT2D eigenvalue weighted by Crippen LogP contribution is -2.20. The van der Waals surface area contributed by atoms with Crippen LogP contribution in [0.25, 0.3) is 0 Å². The molecule has 2 rings (SSSR count). The van der Waals surface area contributed by atoms with Crippen molar-refractivity contribution in [3.8, 4) is 0 Å². The zero-order valence-electron chi connectivity index (χ0n) is 4.29. The Morgan fingerprint density at radius 3 is 3.12 bits per heavy atom. The van der Waals surface area contributed by atoms with Crippen molar-refractivity contribution < 1.29 is 14.3 Å². The molecule has 8 heavy (non-hydrogen) atoms. The van der Waals surface area contributed by atoms with E-state index in [9.17, 15) is 4.79 Å². The third-order valence-electron chi connectivity index (χ3n) is 1.46. The Morgan fingerprint density at radius 1 is 1.62 bits per heavy atom. The molecular weight excluding hydrogens is 108 g/mol. The molecule has 2 saturated heterocycles. The minimum absolute atomic E-state index is 0.179. The third kappa shape index (κ3) is 0.448. The molecule has 0 aliphatic carbocycles. The van der Waals surface area contributed by atoms with E-state index in [1.807, 2.05) is 0 Å². The SMILES string of the molecule is O=C1OCCC2O[C@@H]12. The van der Waals surface area contributed by atoms with Gasteiger partial charge >= 0.3 is 5.97 Å². The van der Waals surface area contributed by atoms with Gasteiger partial charge in [0.2, 0.25) is 0 Å². The second-order valence-electron chi connectivity index (χ2n) is 2.05. The molecule has 3 heteroatoms. The monoisotopic (exact) mass is 114 g/mol. The van der Waals surface area contributed by atoms with Gasteiger partial charge in [-0.1, -0.05) is 0 Å². The van der Waals surface area contributed by atoms with Crippen LogP contribution in [-0.2, 0) is 14.3 Å². The summed E-state index contributed by atoms with van der Waals surface area (Å²) in [6.07, 6.45) is 0.899. The first kappa shape index (κ1) is 4.32. The average molecular weight is 114 g/mol. The lowest BCUT2D eigenvalue weighted by Gasteiger charge is -2.03. The summed E-state index contributed by atoms with van der Waals surface area (Å²) in [6, 6.07) is 0. The molecule has 3 nitrogen and oxygen atoms in total. The third-order valence-corrected chi connectivity index (χ3v) is 1.46. The number of esters is 1. The van der Waals surface area contributed by atoms with E-state index in [0.29, 0.717) is 6.61 Å². The van der Waals surface area contributed by atoms with Gasteiger partial charge in [0.05, 0.1) is 12.7 Å². The van der Waals surface area contributed by atoms with Gasteiger partial charge in [-0.15, -0.1) is 0 Å². The summed E-state index contributed by atoms with van der Waals surface area (Å²) in [5.41, 5.74) is 0. The molecule has 2 heterocycles. The number of hydrogen-bond donors (Lipinski definition) is 0. The van der Waals surface area contributed by atoms with Crippen molar-refractivity contribution >= 4 is 5.97 Å². The van der Waals surface area contributed by atoms with E-state index in [-0.39, 0.29) is 18.2 Å². The maximum absolute atomic E-state index is 10.5. The highest BCUT2D eigenvalue weighted by atomic mass is 16.6. The van der Waals surface area contributed by atoms with Crippen LogP contribution in [0.1, 0.15) is 6.42 Å². The molecule has 0 saturated carbocycles. The molecule has 0 radical (unpaired) electrons. The molecule has 2 aliphatic heterocycles. The Balaban J connectivity index is 2.08. The molecule has 1 unspecified atom stereocenters. The molecule has 0 aromatic heterocycles. The normalized spacial score (nSPS) is 42.8. The average Bonchev–Trinajstić information content (AvgIpc) is 2.45. The highest BCUT2D eigenvalue weighted by Gasteiger charge is 2.48. The van der Waals surface area contributed by atoms with Crippen LogP contribution in [0.5, 0.6) is 0 Å². The van der Waals surface area contributed by atoms with Crippen LogP contribution in [0.2, 0.25) is 0 Å². The molecule has 2 aliphatic rings. The second kappa shape index (κ2) is 1.23. The number of rotatable bonds is 0. The first-order valence-corrected chi connectivity index (χ1v) is 2.70. The second-order valence-corrected chi connectivity index (χ2v) is 2.05. The summed E-state index contributed by atoms with van der Waals surface area (Å²) < 4.78 is 9.58. The maximum atomic E-state index is 10.5. The Morgan fingerprint density at radius 2 is 2.50 bits per heavy atom. The minimum Gasteiger partial charge on any atom is -0.464 e. The van der Waals surface area contributed by atoms with Crippen LogP contribution in [0.3, 0.4) is 0 Å². The number of cyclic esters (lactones) is 1. The van der Waals surface area contributed by atoms with Crippen LogP contribution < -0.4 is 0 Å². The Labute approximate surface area is 46.6 Å². The van der Waals surface area contributed by atoms with Crippen molar-refractivity contribution in [2.75, 3.05) is 6.61 Å². The molecule has 2 atom stereocenters. The van der Waals surface area contributed by atoms with Crippen molar-refractivity contribution in [1.29, 1.82) is 0 Å². The van der Waals surface area contributed by atoms with E-state index in [0.717, 1.165) is 6.42 Å². The minimum atomic E-state index is -0.191. The number of fused-ring (bicyclic) bond motifs is 1. The highest BCUT2D eigenvalue weighted by molar-refractivity contribution is 5.78. The Bertz CT molecular complexity index is 132. The van der Waals surface area contributed by atoms with Crippen molar-refractivity contribution in [3.05, 3.63) is 0 Å². The molecule has 0 amide bonds. The number of carbonyl (C=O) groups is 1. The predicted octanol–water partition coefficient (Wildman–Crippen LogP) is -0.299. The van der Waals surface area contributed by atoms with E-state index in [2.05, 4.69) is 4.74 Å². The first-order valence-electron chi connectivity index (χ1n) is 2.70. The Kier molecular flexibility index (Phi) is 0.663. The van der Waals surface area contributed by atoms with E-state index >= 15 is 0 Å². The molecule has 0 bridgehead atoms. The van der Waals surface area contributed by atoms with E-state index < -0.39 is 0 Å². The summed E-state index contributed by atoms with van der Waals surface area (Å²) in [5, 5.41) is 0. The van der Waals surface area contributed by atoms with Crippen LogP contribution in [0.15, 0.2) is 0 Å². The van der Waals surface area contributed by atoms with Crippen LogP contribution in [0, 0.1) is 0 Å². The standard InChI is InChI=1S/C5H6O3/c6-5-4-3(8-4)1-2-7-5/h3-4H,1-2H2/t3?,4-/m1/s1. The van der Waals surface area contributed by atoms with Gasteiger partial charge in [-0.3, -0.25) is 0 Å². The van der Waals surface area contributed by atoms with Crippen molar-refractivity contribution in [2.45, 2.75) is 18.6 Å². The maximum Gasteiger partial charge on any atom is 0.338 e. The zero-order chi connectivity index (χ0) is 5.56. The fourth-order valence-electron chi connectivity index (χ4n) is 0.928. The van der Waals surface area contributed by atoms with E-state index in [1.165, 1.54) is 0 Å². The number of hydrogen-bond acceptors (Lipinski definition) is 3. The molecule has 44 valence electrons. The smallest absolute Gasteiger partial charge is 0.338 e. The number of carbonyl (C=O) groups excluding carboxylic acids is 1. The summed E-state index contributed by atoms with van der Waals surface area (Å²) in [4.78, 5) is 10.5. The van der Waals surface area contributed by atoms with Crippen LogP contribution >= 0.6 is 0 Å². The largest absolute Gasteiger partial charge is 0.464 e. The fraction of sp³-hybridized carbons (Fsp3) is 0.800. The van der Waals surface area contributed by atoms with Gasteiger partial charge in [0.25, 0.3) is 0 Å². The number of ether oxygens (including phenoxy) is 2. The van der Waals surface area contributed by atoms with Gasteiger partial charge in [0.1, 0.15) is 0 Å². The van der Waals surface area contributed by atoms with E-state index in [1.54, 1.807) is 0 Å². The van der Waals surface area contributed by atoms with Crippen LogP contribution in [0.4, 0.5) is 0 Å². The summed E-state index contributed by atoms with van der Waals surface area (Å²) in [5.74, 6) is -0.179. The zero-order valence-corrected chi connectivity index (χ0v) is 4.29. The molecule has 0 aromatic carbocycles. The van der Waals surface area contributed by atoms with Gasteiger partial charge < -0.3 is 9.47 Å². The lowest BCUT2D eigenvalue weighted by molar-refractivity contribution is -0.146. The predicted molar refractivity (Wildman–Crippen MR) is 24.2 cm³/mol. The summed E-state index contributed by atoms with van der Waals surface area (Å²) in [6.45, 7) is 0.542. The topological polar surface area (TPSA) is 38.8 Å². The molecule has 2 fully saturated rings. The molecule has 0 spiro atoms. The summed E-state index contributed by atoms with van der Waals surface area (Å²) in [7, 11) is 0. The van der Waals surface area contributed by atoms with Crippen molar-refractivity contribution in [2.24, 2.45) is 0 Å². The molecular formula is C5H6O3. The fourth-order valence-corrected chi connectivity index (χ4v) is 0.928. The van der Waals surface area contributed by atoms with Gasteiger partial charge in [-0.25, -0.2) is 4.79 Å².